The van der Waals surface area contributed by atoms with Crippen LogP contribution in [-0.4, -0.2) is 402 Å². The fraction of sp³-hybridized carbons (Fsp3) is 0.904. The minimum absolute atomic E-state index is 0.105. The Hall–Kier alpha value is -5.27. The minimum Gasteiger partial charge on any atom is -0.394 e. The van der Waals surface area contributed by atoms with Crippen molar-refractivity contribution >= 4 is 41.7 Å². The molecule has 41 heteroatoms. The Kier molecular flexibility index (Phi) is 54.9. The standard InChI is InChI=1S/C73H137N11O30/c1-50(88)81-61-54(112-57(46-85)64(92)67(61)95)10-4-25-101-34-37-106-31-22-78-70(98)75-18-7-15-73(84-60(91)49-111-45-44-110-43-42-109-41-40-105-30-21-74-53-13-28-104-29-14-53,16-8-19-76-71(99)79-23-32-107-38-35-102-26-5-11-55-62(82-51(2)89)68(96)65(93)58(47-86)113-55)17-9-20-77-72(100)80-24-33-108-39-36-103-27-6-12-56-63(83-52(3)90)69(97)66(94)59(48-87)114-56/h53-59,61-69,74,85-87,92-97H,4-49H2,1-3H3,(H,81,88)(H,82,89)(H,83,90)(H,84,91)(H2,75,78,98)(H2,76,79,99)(H2,77,80,100)/t54-,55-,56-,57-,58-,59-,61+,62+,63+,64+,65+,66+,67-,68-,69-/m1/s1. The van der Waals surface area contributed by atoms with Gasteiger partial charge in [0.2, 0.25) is 23.6 Å². The van der Waals surface area contributed by atoms with Crippen LogP contribution in [0.25, 0.3) is 0 Å². The summed E-state index contributed by atoms with van der Waals surface area (Å²) in [6.07, 6.45) is -6.42. The van der Waals surface area contributed by atoms with Gasteiger partial charge < -0.3 is 171 Å². The molecule has 41 nitrogen and oxygen atoms in total. The molecule has 664 valence electrons. The molecule has 0 unspecified atom stereocenters. The summed E-state index contributed by atoms with van der Waals surface area (Å²) in [7, 11) is 0. The number of nitrogens with one attached hydrogen (secondary N) is 11. The van der Waals surface area contributed by atoms with E-state index in [1.807, 2.05) is 0 Å². The van der Waals surface area contributed by atoms with Crippen LogP contribution in [0.1, 0.15) is 111 Å². The first-order valence-corrected chi connectivity index (χ1v) is 40.3. The average Bonchev–Trinajstić information content (AvgIpc) is 0.822. The number of hydrogen-bond acceptors (Lipinski definition) is 31. The number of aliphatic hydroxyl groups is 9. The van der Waals surface area contributed by atoms with Crippen LogP contribution in [-0.2, 0) is 85.5 Å². The molecule has 4 aliphatic rings. The number of amides is 10. The molecule has 15 atom stereocenters. The maximum absolute atomic E-state index is 13.9. The van der Waals surface area contributed by atoms with Crippen LogP contribution in [0, 0.1) is 0 Å². The van der Waals surface area contributed by atoms with Crippen LogP contribution in [0.5, 0.6) is 0 Å². The quantitative estimate of drug-likeness (QED) is 0.0252. The molecule has 4 aliphatic heterocycles. The van der Waals surface area contributed by atoms with Crippen molar-refractivity contribution in [2.24, 2.45) is 0 Å². The van der Waals surface area contributed by atoms with Gasteiger partial charge in [-0.1, -0.05) is 0 Å². The van der Waals surface area contributed by atoms with Crippen molar-refractivity contribution in [3.63, 3.8) is 0 Å². The van der Waals surface area contributed by atoms with E-state index in [0.717, 1.165) is 32.6 Å². The van der Waals surface area contributed by atoms with Gasteiger partial charge in [-0.25, -0.2) is 14.4 Å². The Morgan fingerprint density at radius 1 is 0.342 bits per heavy atom. The third kappa shape index (κ3) is 43.4. The van der Waals surface area contributed by atoms with Crippen LogP contribution >= 0.6 is 0 Å². The Balaban J connectivity index is 1.26. The van der Waals surface area contributed by atoms with E-state index in [4.69, 9.17) is 66.3 Å². The van der Waals surface area contributed by atoms with Crippen molar-refractivity contribution in [3.05, 3.63) is 0 Å². The summed E-state index contributed by atoms with van der Waals surface area (Å²) < 4.78 is 79.5. The second-order valence-corrected chi connectivity index (χ2v) is 28.3. The number of hydrogen-bond donors (Lipinski definition) is 20. The SMILES string of the molecule is CC(=O)N[C@@H]1[C@@H](O)[C@@H](O)[C@@H](CO)O[C@@H]1CCCOCCOCCNC(=O)NCCCC(CCCNC(=O)NCCOCCOCCC[C@H]1O[C@H](CO)[C@H](O)[C@H](O)[C@H]1NC(C)=O)(CCCNC(=O)NCCOCCOCCC[C@H]1O[C@H](CO)[C@H](O)[C@H](O)[C@H]1NC(C)=O)NC(=O)COCCOCCOCCOCCNC1CCOCC1. The number of rotatable bonds is 64. The number of carbonyl (C=O) groups is 7. The zero-order valence-corrected chi connectivity index (χ0v) is 66.9. The third-order valence-electron chi connectivity index (χ3n) is 19.2. The van der Waals surface area contributed by atoms with E-state index in [2.05, 4.69) is 58.5 Å². The molecule has 0 saturated carbocycles. The molecule has 4 heterocycles. The van der Waals surface area contributed by atoms with Gasteiger partial charge >= 0.3 is 18.1 Å². The van der Waals surface area contributed by atoms with Gasteiger partial charge in [-0.3, -0.25) is 19.2 Å². The highest BCUT2D eigenvalue weighted by Gasteiger charge is 2.47. The van der Waals surface area contributed by atoms with Gasteiger partial charge in [0, 0.05) is 111 Å². The molecular formula is C73H137N11O30. The van der Waals surface area contributed by atoms with Crippen LogP contribution in [0.4, 0.5) is 14.4 Å². The van der Waals surface area contributed by atoms with Crippen molar-refractivity contribution < 1.29 is 146 Å². The third-order valence-corrected chi connectivity index (χ3v) is 19.2. The largest absolute Gasteiger partial charge is 0.394 e. The average molecular weight is 1650 g/mol. The highest BCUT2D eigenvalue weighted by molar-refractivity contribution is 5.78. The molecule has 0 aromatic rings. The predicted octanol–water partition coefficient (Wildman–Crippen LogP) is -5.69. The maximum atomic E-state index is 13.9. The second kappa shape index (κ2) is 62.0. The van der Waals surface area contributed by atoms with Gasteiger partial charge in [-0.15, -0.1) is 0 Å². The zero-order valence-electron chi connectivity index (χ0n) is 66.9. The first-order chi connectivity index (χ1) is 55.1. The number of aliphatic hydroxyl groups excluding tert-OH is 9. The minimum atomic E-state index is -1.37. The van der Waals surface area contributed by atoms with Gasteiger partial charge in [0.25, 0.3) is 0 Å². The summed E-state index contributed by atoms with van der Waals surface area (Å²) in [6.45, 7) is 10.5. The molecular weight excluding hydrogens is 1510 g/mol. The van der Waals surface area contributed by atoms with Gasteiger partial charge in [0.05, 0.1) is 162 Å². The highest BCUT2D eigenvalue weighted by Crippen LogP contribution is 2.29. The molecule has 4 saturated heterocycles. The van der Waals surface area contributed by atoms with Crippen LogP contribution < -0.4 is 58.5 Å². The maximum Gasteiger partial charge on any atom is 0.314 e. The first kappa shape index (κ1) is 101. The smallest absolute Gasteiger partial charge is 0.314 e. The summed E-state index contributed by atoms with van der Waals surface area (Å²) >= 11 is 0. The predicted molar refractivity (Wildman–Crippen MR) is 407 cm³/mol. The van der Waals surface area contributed by atoms with E-state index >= 15 is 0 Å². The summed E-state index contributed by atoms with van der Waals surface area (Å²) in [4.78, 5) is 88.4. The van der Waals surface area contributed by atoms with Crippen LogP contribution in [0.2, 0.25) is 0 Å². The van der Waals surface area contributed by atoms with E-state index < -0.39 is 158 Å². The zero-order chi connectivity index (χ0) is 83.0. The summed E-state index contributed by atoms with van der Waals surface area (Å²) in [5.74, 6) is -1.65. The Morgan fingerprint density at radius 2 is 0.623 bits per heavy atom. The lowest BCUT2D eigenvalue weighted by Crippen LogP contribution is -2.63. The summed E-state index contributed by atoms with van der Waals surface area (Å²) in [6, 6.07) is -3.55. The van der Waals surface area contributed by atoms with Gasteiger partial charge in [-0.05, 0) is 89.9 Å². The number of urea groups is 3. The van der Waals surface area contributed by atoms with Crippen molar-refractivity contribution in [1.29, 1.82) is 0 Å². The molecule has 4 rings (SSSR count). The van der Waals surface area contributed by atoms with E-state index in [-0.39, 0.29) is 119 Å². The Labute approximate surface area is 668 Å². The van der Waals surface area contributed by atoms with Gasteiger partial charge in [0.1, 0.15) is 61.5 Å². The summed E-state index contributed by atoms with van der Waals surface area (Å²) in [5, 5.41) is 123. The molecule has 0 spiro atoms. The molecule has 4 fully saturated rings. The fourth-order valence-corrected chi connectivity index (χ4v) is 13.4. The van der Waals surface area contributed by atoms with Crippen LogP contribution in [0.15, 0.2) is 0 Å². The monoisotopic (exact) mass is 1650 g/mol. The molecule has 0 bridgehead atoms. The molecule has 0 aromatic heterocycles. The highest BCUT2D eigenvalue weighted by atomic mass is 16.6. The van der Waals surface area contributed by atoms with E-state index in [9.17, 15) is 79.5 Å². The molecule has 10 amide bonds. The molecule has 0 aromatic carbocycles. The van der Waals surface area contributed by atoms with Gasteiger partial charge in [0.15, 0.2) is 0 Å². The Bertz CT molecular complexity index is 2360. The van der Waals surface area contributed by atoms with E-state index in [0.29, 0.717) is 136 Å². The Morgan fingerprint density at radius 3 is 0.930 bits per heavy atom. The summed E-state index contributed by atoms with van der Waals surface area (Å²) in [5.41, 5.74) is -0.940. The van der Waals surface area contributed by atoms with Crippen LogP contribution in [0.3, 0.4) is 0 Å². The fourth-order valence-electron chi connectivity index (χ4n) is 13.4. The van der Waals surface area contributed by atoms with Gasteiger partial charge in [-0.2, -0.15) is 0 Å². The normalized spacial score (nSPS) is 24.6. The lowest BCUT2D eigenvalue weighted by atomic mass is 9.83. The molecule has 114 heavy (non-hydrogen) atoms. The van der Waals surface area contributed by atoms with E-state index in [1.165, 1.54) is 20.8 Å². The number of carbonyl (C=O) groups excluding carboxylic acids is 7. The molecule has 0 aliphatic carbocycles. The van der Waals surface area contributed by atoms with Crippen molar-refractivity contribution in [2.75, 3.05) is 211 Å². The molecule has 0 radical (unpaired) electrons. The van der Waals surface area contributed by atoms with E-state index in [1.54, 1.807) is 0 Å². The lowest BCUT2D eigenvalue weighted by Gasteiger charge is -2.42. The second-order valence-electron chi connectivity index (χ2n) is 28.3. The lowest BCUT2D eigenvalue weighted by molar-refractivity contribution is -0.197. The number of ether oxygens (including phenoxy) is 14. The van der Waals surface area contributed by atoms with Crippen molar-refractivity contribution in [1.82, 2.24) is 58.5 Å². The topological polar surface area (TPSA) is 563 Å². The first-order valence-electron chi connectivity index (χ1n) is 40.3. The van der Waals surface area contributed by atoms with Crippen molar-refractivity contribution in [3.8, 4) is 0 Å². The van der Waals surface area contributed by atoms with Crippen molar-refractivity contribution in [2.45, 2.75) is 214 Å². The molecule has 20 N–H and O–H groups in total.